The molecule has 2 aromatic carbocycles. The van der Waals surface area contributed by atoms with Gasteiger partial charge in [-0.25, -0.2) is 4.79 Å². The van der Waals surface area contributed by atoms with Crippen molar-refractivity contribution in [3.8, 4) is 5.75 Å². The number of hydrogen-bond donors (Lipinski definition) is 0. The Labute approximate surface area is 111 Å². The summed E-state index contributed by atoms with van der Waals surface area (Å²) in [5, 5.41) is 0.519. The molecule has 0 radical (unpaired) electrons. The van der Waals surface area contributed by atoms with Gasteiger partial charge >= 0.3 is 5.97 Å². The Balaban J connectivity index is 2.27. The number of carbonyl (C=O) groups excluding carboxylic acids is 1. The third kappa shape index (κ3) is 2.71. The Kier molecular flexibility index (Phi) is 3.68. The molecule has 2 nitrogen and oxygen atoms in total. The van der Waals surface area contributed by atoms with Crippen LogP contribution >= 0.6 is 11.6 Å². The quantitative estimate of drug-likeness (QED) is 0.598. The van der Waals surface area contributed by atoms with Gasteiger partial charge in [-0.05, 0) is 43.2 Å². The number of ether oxygens (including phenoxy) is 1. The van der Waals surface area contributed by atoms with E-state index >= 15 is 0 Å². The van der Waals surface area contributed by atoms with Crippen molar-refractivity contribution in [3.63, 3.8) is 0 Å². The van der Waals surface area contributed by atoms with Gasteiger partial charge in [0.05, 0.1) is 5.56 Å². The van der Waals surface area contributed by atoms with E-state index in [2.05, 4.69) is 0 Å². The summed E-state index contributed by atoms with van der Waals surface area (Å²) in [5.41, 5.74) is 2.32. The van der Waals surface area contributed by atoms with Crippen molar-refractivity contribution in [2.75, 3.05) is 0 Å². The van der Waals surface area contributed by atoms with Crippen molar-refractivity contribution < 1.29 is 9.53 Å². The Morgan fingerprint density at radius 2 is 1.67 bits per heavy atom. The molecule has 0 saturated carbocycles. The second-order valence-electron chi connectivity index (χ2n) is 4.12. The van der Waals surface area contributed by atoms with Gasteiger partial charge in [-0.15, -0.1) is 0 Å². The zero-order valence-electron chi connectivity index (χ0n) is 10.2. The molecule has 2 rings (SSSR count). The van der Waals surface area contributed by atoms with Gasteiger partial charge in [-0.2, -0.15) is 0 Å². The zero-order chi connectivity index (χ0) is 13.1. The molecule has 3 heteroatoms. The minimum Gasteiger partial charge on any atom is -0.422 e. The summed E-state index contributed by atoms with van der Waals surface area (Å²) in [6.45, 7) is 3.82. The molecule has 0 unspecified atom stereocenters. The van der Waals surface area contributed by atoms with Crippen molar-refractivity contribution in [2.45, 2.75) is 13.8 Å². The number of hydrogen-bond acceptors (Lipinski definition) is 2. The maximum Gasteiger partial charge on any atom is 0.343 e. The van der Waals surface area contributed by atoms with Crippen molar-refractivity contribution in [1.82, 2.24) is 0 Å². The predicted molar refractivity (Wildman–Crippen MR) is 72.3 cm³/mol. The molecular formula is C15H13ClO2. The van der Waals surface area contributed by atoms with Crippen LogP contribution in [-0.2, 0) is 0 Å². The minimum absolute atomic E-state index is 0.394. The van der Waals surface area contributed by atoms with E-state index in [1.165, 1.54) is 0 Å². The average Bonchev–Trinajstić information content (AvgIpc) is 2.34. The smallest absolute Gasteiger partial charge is 0.343 e. The van der Waals surface area contributed by atoms with Crippen LogP contribution in [0.25, 0.3) is 0 Å². The third-order valence-corrected chi connectivity index (χ3v) is 2.90. The van der Waals surface area contributed by atoms with E-state index in [9.17, 15) is 4.79 Å². The highest BCUT2D eigenvalue weighted by molar-refractivity contribution is 6.30. The van der Waals surface area contributed by atoms with Crippen LogP contribution in [-0.4, -0.2) is 5.97 Å². The zero-order valence-corrected chi connectivity index (χ0v) is 11.0. The molecular weight excluding hydrogens is 248 g/mol. The normalized spacial score (nSPS) is 10.2. The first-order valence-electron chi connectivity index (χ1n) is 5.62. The van der Waals surface area contributed by atoms with E-state index in [0.717, 1.165) is 11.1 Å². The van der Waals surface area contributed by atoms with Gasteiger partial charge in [0.1, 0.15) is 5.75 Å². The molecule has 0 bridgehead atoms. The van der Waals surface area contributed by atoms with Gasteiger partial charge in [-0.1, -0.05) is 35.9 Å². The van der Waals surface area contributed by atoms with Crippen molar-refractivity contribution in [2.24, 2.45) is 0 Å². The molecule has 18 heavy (non-hydrogen) atoms. The second-order valence-corrected chi connectivity index (χ2v) is 4.56. The third-order valence-electron chi connectivity index (χ3n) is 2.66. The fraction of sp³-hybridized carbons (Fsp3) is 0.133. The number of para-hydroxylation sites is 1. The number of aryl methyl sites for hydroxylation is 2. The molecule has 0 aliphatic rings. The second kappa shape index (κ2) is 5.23. The van der Waals surface area contributed by atoms with Crippen LogP contribution in [0.1, 0.15) is 21.5 Å². The van der Waals surface area contributed by atoms with Gasteiger partial charge in [0, 0.05) is 5.02 Å². The SMILES string of the molecule is Cc1cccc(C)c1OC(=O)c1cccc(Cl)c1. The molecule has 0 N–H and O–H groups in total. The first-order valence-corrected chi connectivity index (χ1v) is 5.99. The summed E-state index contributed by atoms with van der Waals surface area (Å²) in [7, 11) is 0. The fourth-order valence-corrected chi connectivity index (χ4v) is 1.92. The summed E-state index contributed by atoms with van der Waals surface area (Å²) in [6, 6.07) is 12.5. The number of benzene rings is 2. The van der Waals surface area contributed by atoms with Crippen LogP contribution in [0.2, 0.25) is 5.02 Å². The molecule has 0 atom stereocenters. The maximum atomic E-state index is 12.0. The van der Waals surface area contributed by atoms with Crippen LogP contribution in [0, 0.1) is 13.8 Å². The molecule has 0 saturated heterocycles. The maximum absolute atomic E-state index is 12.0. The number of esters is 1. The Bertz CT molecular complexity index is 571. The monoisotopic (exact) mass is 260 g/mol. The molecule has 0 aromatic heterocycles. The standard InChI is InChI=1S/C15H13ClO2/c1-10-5-3-6-11(2)14(10)18-15(17)12-7-4-8-13(16)9-12/h3-9H,1-2H3. The fourth-order valence-electron chi connectivity index (χ4n) is 1.73. The minimum atomic E-state index is -0.394. The van der Waals surface area contributed by atoms with E-state index in [1.807, 2.05) is 32.0 Å². The summed E-state index contributed by atoms with van der Waals surface area (Å²) >= 11 is 5.85. The van der Waals surface area contributed by atoms with Gasteiger partial charge in [0.25, 0.3) is 0 Å². The summed E-state index contributed by atoms with van der Waals surface area (Å²) < 4.78 is 5.42. The summed E-state index contributed by atoms with van der Waals surface area (Å²) in [5.74, 6) is 0.220. The van der Waals surface area contributed by atoms with E-state index in [1.54, 1.807) is 24.3 Å². The summed E-state index contributed by atoms with van der Waals surface area (Å²) in [4.78, 5) is 12.0. The lowest BCUT2D eigenvalue weighted by Crippen LogP contribution is -2.10. The Hall–Kier alpha value is -1.80. The lowest BCUT2D eigenvalue weighted by Gasteiger charge is -2.10. The number of carbonyl (C=O) groups is 1. The molecule has 0 heterocycles. The van der Waals surface area contributed by atoms with Crippen LogP contribution in [0.5, 0.6) is 5.75 Å². The average molecular weight is 261 g/mol. The number of rotatable bonds is 2. The lowest BCUT2D eigenvalue weighted by atomic mass is 10.1. The molecule has 0 fully saturated rings. The molecule has 0 aliphatic heterocycles. The van der Waals surface area contributed by atoms with Gasteiger partial charge in [-0.3, -0.25) is 0 Å². The highest BCUT2D eigenvalue weighted by Crippen LogP contribution is 2.23. The van der Waals surface area contributed by atoms with Crippen molar-refractivity contribution in [1.29, 1.82) is 0 Å². The van der Waals surface area contributed by atoms with Crippen molar-refractivity contribution in [3.05, 3.63) is 64.2 Å². The topological polar surface area (TPSA) is 26.3 Å². The van der Waals surface area contributed by atoms with Gasteiger partial charge in [0.15, 0.2) is 0 Å². The predicted octanol–water partition coefficient (Wildman–Crippen LogP) is 4.18. The van der Waals surface area contributed by atoms with E-state index in [4.69, 9.17) is 16.3 Å². The lowest BCUT2D eigenvalue weighted by molar-refractivity contribution is 0.0732. The molecule has 0 spiro atoms. The van der Waals surface area contributed by atoms with Crippen LogP contribution in [0.15, 0.2) is 42.5 Å². The van der Waals surface area contributed by atoms with E-state index in [0.29, 0.717) is 16.3 Å². The molecule has 2 aromatic rings. The largest absolute Gasteiger partial charge is 0.422 e. The summed E-state index contributed by atoms with van der Waals surface area (Å²) in [6.07, 6.45) is 0. The van der Waals surface area contributed by atoms with Gasteiger partial charge in [0.2, 0.25) is 0 Å². The van der Waals surface area contributed by atoms with Crippen molar-refractivity contribution >= 4 is 17.6 Å². The van der Waals surface area contributed by atoms with Crippen LogP contribution < -0.4 is 4.74 Å². The van der Waals surface area contributed by atoms with E-state index in [-0.39, 0.29) is 0 Å². The van der Waals surface area contributed by atoms with Gasteiger partial charge < -0.3 is 4.74 Å². The highest BCUT2D eigenvalue weighted by atomic mass is 35.5. The van der Waals surface area contributed by atoms with E-state index < -0.39 is 5.97 Å². The molecule has 92 valence electrons. The molecule has 0 amide bonds. The van der Waals surface area contributed by atoms with Crippen LogP contribution in [0.3, 0.4) is 0 Å². The van der Waals surface area contributed by atoms with Crippen LogP contribution in [0.4, 0.5) is 0 Å². The highest BCUT2D eigenvalue weighted by Gasteiger charge is 2.12. The Morgan fingerprint density at radius 3 is 2.28 bits per heavy atom. The molecule has 0 aliphatic carbocycles. The number of halogens is 1. The first kappa shape index (κ1) is 12.7. The Morgan fingerprint density at radius 1 is 1.06 bits per heavy atom. The first-order chi connectivity index (χ1) is 8.58.